The number of phenols is 1. The van der Waals surface area contributed by atoms with E-state index in [0.717, 1.165) is 0 Å². The van der Waals surface area contributed by atoms with Crippen LogP contribution in [-0.2, 0) is 19.1 Å². The number of hydrogen-bond donors (Lipinski definition) is 1. The van der Waals surface area contributed by atoms with Crippen molar-refractivity contribution in [1.82, 2.24) is 0 Å². The molecular weight excluding hydrogens is 520 g/mol. The summed E-state index contributed by atoms with van der Waals surface area (Å²) in [6, 6.07) is 3.37. The van der Waals surface area contributed by atoms with E-state index < -0.39 is 36.0 Å². The van der Waals surface area contributed by atoms with Gasteiger partial charge in [0.15, 0.2) is 23.0 Å². The highest BCUT2D eigenvalue weighted by Gasteiger charge is 2.43. The van der Waals surface area contributed by atoms with Crippen LogP contribution in [0.15, 0.2) is 23.8 Å². The van der Waals surface area contributed by atoms with E-state index in [2.05, 4.69) is 0 Å². The molecular formula is C30H38O10. The number of aromatic hydroxyl groups is 1. The first-order valence-electron chi connectivity index (χ1n) is 12.8. The average molecular weight is 559 g/mol. The number of hydrogen-bond acceptors (Lipinski definition) is 10. The minimum atomic E-state index is -0.901. The van der Waals surface area contributed by atoms with E-state index >= 15 is 0 Å². The molecule has 0 saturated carbocycles. The van der Waals surface area contributed by atoms with E-state index in [1.807, 2.05) is 13.8 Å². The van der Waals surface area contributed by atoms with Crippen molar-refractivity contribution in [3.05, 3.63) is 34.9 Å². The molecule has 0 radical (unpaired) electrons. The summed E-state index contributed by atoms with van der Waals surface area (Å²) >= 11 is 0. The van der Waals surface area contributed by atoms with Gasteiger partial charge < -0.3 is 38.3 Å². The van der Waals surface area contributed by atoms with Crippen LogP contribution in [0.3, 0.4) is 0 Å². The molecule has 1 aliphatic carbocycles. The molecule has 0 bridgehead atoms. The lowest BCUT2D eigenvalue weighted by Crippen LogP contribution is -2.31. The number of esters is 2. The summed E-state index contributed by atoms with van der Waals surface area (Å²) in [6.45, 7) is 8.51. The second kappa shape index (κ2) is 12.4. The van der Waals surface area contributed by atoms with Gasteiger partial charge in [-0.25, -0.2) is 4.79 Å². The highest BCUT2D eigenvalue weighted by Crippen LogP contribution is 2.59. The van der Waals surface area contributed by atoms with Gasteiger partial charge in [-0.2, -0.15) is 0 Å². The second-order valence-electron chi connectivity index (χ2n) is 9.58. The lowest BCUT2D eigenvalue weighted by Gasteiger charge is -2.38. The largest absolute Gasteiger partial charge is 0.504 e. The van der Waals surface area contributed by atoms with E-state index in [9.17, 15) is 14.7 Å². The molecule has 0 heterocycles. The number of rotatable bonds is 8. The van der Waals surface area contributed by atoms with E-state index in [1.54, 1.807) is 32.1 Å². The van der Waals surface area contributed by atoms with Gasteiger partial charge in [0.1, 0.15) is 12.2 Å². The lowest BCUT2D eigenvalue weighted by molar-refractivity contribution is -0.157. The molecule has 0 unspecified atom stereocenters. The minimum absolute atomic E-state index is 0.0593. The average Bonchev–Trinajstić information content (AvgIpc) is 2.95. The van der Waals surface area contributed by atoms with Crippen LogP contribution in [0.4, 0.5) is 0 Å². The topological polar surface area (TPSA) is 119 Å². The summed E-state index contributed by atoms with van der Waals surface area (Å²) in [6.07, 6.45) is -0.0910. The number of carbonyl (C=O) groups is 2. The third kappa shape index (κ3) is 5.22. The van der Waals surface area contributed by atoms with Gasteiger partial charge in [0.25, 0.3) is 0 Å². The Balaban J connectivity index is 2.62. The highest BCUT2D eigenvalue weighted by atomic mass is 16.6. The number of benzene rings is 2. The molecule has 218 valence electrons. The number of ether oxygens (including phenoxy) is 7. The van der Waals surface area contributed by atoms with Gasteiger partial charge in [0.05, 0.1) is 35.5 Å². The predicted molar refractivity (Wildman–Crippen MR) is 147 cm³/mol. The smallest absolute Gasteiger partial charge is 0.333 e. The SMILES string of the molecule is C/C=C(/C)C(=O)O[C@H]1c2cc(OC)c(OC)c(O)c2-c2c(cc(OC)c(OC)c2OC)[C@H](OC(C)=O)[C@H](C)[C@@H]1C. The van der Waals surface area contributed by atoms with Crippen LogP contribution < -0.4 is 23.7 Å². The maximum absolute atomic E-state index is 13.1. The fourth-order valence-corrected chi connectivity index (χ4v) is 5.10. The van der Waals surface area contributed by atoms with E-state index in [-0.39, 0.29) is 34.3 Å². The monoisotopic (exact) mass is 558 g/mol. The van der Waals surface area contributed by atoms with Crippen molar-refractivity contribution in [3.8, 4) is 45.6 Å². The van der Waals surface area contributed by atoms with Crippen LogP contribution in [-0.4, -0.2) is 52.6 Å². The normalized spacial score (nSPS) is 20.2. The number of fused-ring (bicyclic) bond motifs is 3. The predicted octanol–water partition coefficient (Wildman–Crippen LogP) is 5.54. The Bertz CT molecular complexity index is 1310. The summed E-state index contributed by atoms with van der Waals surface area (Å²) in [7, 11) is 7.25. The fraction of sp³-hybridized carbons (Fsp3) is 0.467. The van der Waals surface area contributed by atoms with Crippen molar-refractivity contribution in [2.24, 2.45) is 11.8 Å². The van der Waals surface area contributed by atoms with Crippen molar-refractivity contribution in [1.29, 1.82) is 0 Å². The first kappa shape index (κ1) is 30.5. The second-order valence-corrected chi connectivity index (χ2v) is 9.58. The van der Waals surface area contributed by atoms with E-state index in [1.165, 1.54) is 42.5 Å². The number of carbonyl (C=O) groups excluding carboxylic acids is 2. The van der Waals surface area contributed by atoms with Gasteiger partial charge in [0, 0.05) is 46.6 Å². The van der Waals surface area contributed by atoms with E-state index in [4.69, 9.17) is 33.2 Å². The zero-order valence-corrected chi connectivity index (χ0v) is 24.7. The van der Waals surface area contributed by atoms with Gasteiger partial charge in [0.2, 0.25) is 11.5 Å². The summed E-state index contributed by atoms with van der Waals surface area (Å²) in [5.41, 5.74) is 1.97. The molecule has 0 aliphatic heterocycles. The van der Waals surface area contributed by atoms with Crippen LogP contribution >= 0.6 is 0 Å². The van der Waals surface area contributed by atoms with Gasteiger partial charge in [-0.3, -0.25) is 4.79 Å². The highest BCUT2D eigenvalue weighted by molar-refractivity contribution is 5.90. The Morgan fingerprint density at radius 3 is 1.65 bits per heavy atom. The molecule has 2 aromatic rings. The zero-order chi connectivity index (χ0) is 29.9. The summed E-state index contributed by atoms with van der Waals surface area (Å²) in [4.78, 5) is 25.5. The maximum atomic E-state index is 13.1. The Labute approximate surface area is 234 Å². The standard InChI is InChI=1S/C30H38O10/c1-11-14(2)30(33)40-26-16(4)15(3)25(39-17(5)31)19-13-21(35-7)28(37-9)29(38-10)23(19)22-18(26)12-20(34-6)27(36-8)24(22)32/h11-13,15-16,25-26,32H,1-10H3/b14-11-/t15-,16+,25-,26-/m1/s1. The number of methoxy groups -OCH3 is 5. The first-order chi connectivity index (χ1) is 19.0. The Hall–Kier alpha value is -4.08. The molecule has 0 saturated heterocycles. The molecule has 0 amide bonds. The summed E-state index contributed by atoms with van der Waals surface area (Å²) in [5, 5.41) is 11.8. The number of phenolic OH excluding ortho intramolecular Hbond substituents is 1. The number of allylic oxidation sites excluding steroid dienone is 1. The molecule has 0 fully saturated rings. The van der Waals surface area contributed by atoms with Gasteiger partial charge in [-0.1, -0.05) is 19.9 Å². The fourth-order valence-electron chi connectivity index (χ4n) is 5.10. The molecule has 10 nitrogen and oxygen atoms in total. The summed E-state index contributed by atoms with van der Waals surface area (Å²) in [5.74, 6) is -1.03. The Morgan fingerprint density at radius 1 is 0.725 bits per heavy atom. The Morgan fingerprint density at radius 2 is 1.20 bits per heavy atom. The molecule has 40 heavy (non-hydrogen) atoms. The van der Waals surface area contributed by atoms with Gasteiger partial charge in [-0.15, -0.1) is 0 Å². The molecule has 0 spiro atoms. The third-order valence-corrected chi connectivity index (χ3v) is 7.46. The van der Waals surface area contributed by atoms with Gasteiger partial charge >= 0.3 is 11.9 Å². The molecule has 1 N–H and O–H groups in total. The molecule has 2 aromatic carbocycles. The third-order valence-electron chi connectivity index (χ3n) is 7.46. The minimum Gasteiger partial charge on any atom is -0.504 e. The van der Waals surface area contributed by atoms with Crippen molar-refractivity contribution in [3.63, 3.8) is 0 Å². The molecule has 0 aromatic heterocycles. The summed E-state index contributed by atoms with van der Waals surface area (Å²) < 4.78 is 40.2. The molecule has 1 aliphatic rings. The molecule has 4 atom stereocenters. The van der Waals surface area contributed by atoms with Crippen LogP contribution in [0.1, 0.15) is 58.0 Å². The van der Waals surface area contributed by atoms with Crippen LogP contribution in [0.25, 0.3) is 11.1 Å². The molecule has 3 rings (SSSR count). The lowest BCUT2D eigenvalue weighted by atomic mass is 9.74. The first-order valence-corrected chi connectivity index (χ1v) is 12.8. The van der Waals surface area contributed by atoms with Crippen molar-refractivity contribution in [2.45, 2.75) is 46.8 Å². The van der Waals surface area contributed by atoms with Gasteiger partial charge in [-0.05, 0) is 26.0 Å². The quantitative estimate of drug-likeness (QED) is 0.327. The molecule has 10 heteroatoms. The van der Waals surface area contributed by atoms with Crippen molar-refractivity contribution >= 4 is 11.9 Å². The van der Waals surface area contributed by atoms with Crippen LogP contribution in [0.2, 0.25) is 0 Å². The zero-order valence-electron chi connectivity index (χ0n) is 24.7. The maximum Gasteiger partial charge on any atom is 0.333 e. The van der Waals surface area contributed by atoms with Crippen molar-refractivity contribution < 1.29 is 47.9 Å². The van der Waals surface area contributed by atoms with Crippen molar-refractivity contribution in [2.75, 3.05) is 35.5 Å². The van der Waals surface area contributed by atoms with E-state index in [0.29, 0.717) is 28.0 Å². The van der Waals surface area contributed by atoms with Crippen LogP contribution in [0.5, 0.6) is 34.5 Å². The van der Waals surface area contributed by atoms with Crippen LogP contribution in [0, 0.1) is 11.8 Å². The Kier molecular flexibility index (Phi) is 9.44.